The van der Waals surface area contributed by atoms with Crippen molar-refractivity contribution in [1.29, 1.82) is 0 Å². The standard InChI is InChI=1S/C14H25N3O3S/c1-16(2)9-10-17(3)21(18,19)14-6-5-13(20-4)11-12(14)7-8-15/h5-6,11H,7-10,15H2,1-4H3. The SMILES string of the molecule is COc1ccc(S(=O)(=O)N(C)CCN(C)C)c(CCN)c1. The van der Waals surface area contributed by atoms with Crippen molar-refractivity contribution < 1.29 is 13.2 Å². The normalized spacial score (nSPS) is 12.1. The van der Waals surface area contributed by atoms with Gasteiger partial charge in [-0.25, -0.2) is 8.42 Å². The van der Waals surface area contributed by atoms with Gasteiger partial charge in [-0.1, -0.05) is 0 Å². The van der Waals surface area contributed by atoms with Crippen LogP contribution in [0.2, 0.25) is 0 Å². The number of hydrogen-bond donors (Lipinski definition) is 1. The summed E-state index contributed by atoms with van der Waals surface area (Å²) in [4.78, 5) is 2.25. The van der Waals surface area contributed by atoms with Crippen molar-refractivity contribution in [3.63, 3.8) is 0 Å². The zero-order valence-electron chi connectivity index (χ0n) is 13.2. The van der Waals surface area contributed by atoms with Crippen LogP contribution in [0.5, 0.6) is 5.75 Å². The number of likely N-dealkylation sites (N-methyl/N-ethyl adjacent to an activating group) is 2. The number of nitrogens with zero attached hydrogens (tertiary/aromatic N) is 2. The summed E-state index contributed by atoms with van der Waals surface area (Å²) in [6.07, 6.45) is 0.493. The molecular formula is C14H25N3O3S. The predicted molar refractivity (Wildman–Crippen MR) is 84.1 cm³/mol. The molecule has 0 aromatic heterocycles. The number of nitrogens with two attached hydrogens (primary N) is 1. The smallest absolute Gasteiger partial charge is 0.243 e. The van der Waals surface area contributed by atoms with Crippen molar-refractivity contribution in [3.05, 3.63) is 23.8 Å². The van der Waals surface area contributed by atoms with Gasteiger partial charge in [0.05, 0.1) is 12.0 Å². The molecule has 0 bridgehead atoms. The minimum Gasteiger partial charge on any atom is -0.497 e. The molecular weight excluding hydrogens is 290 g/mol. The molecule has 1 rings (SSSR count). The second-order valence-corrected chi connectivity index (χ2v) is 7.16. The highest BCUT2D eigenvalue weighted by atomic mass is 32.2. The van der Waals surface area contributed by atoms with Crippen LogP contribution < -0.4 is 10.5 Å². The van der Waals surface area contributed by atoms with Crippen LogP contribution in [0.1, 0.15) is 5.56 Å². The Labute approximate surface area is 127 Å². The second-order valence-electron chi connectivity index (χ2n) is 5.14. The van der Waals surface area contributed by atoms with E-state index in [1.54, 1.807) is 32.4 Å². The molecule has 0 aliphatic rings. The van der Waals surface area contributed by atoms with Gasteiger partial charge in [0.25, 0.3) is 0 Å². The van der Waals surface area contributed by atoms with Crippen molar-refractivity contribution in [2.24, 2.45) is 5.73 Å². The number of sulfonamides is 1. The molecule has 2 N–H and O–H groups in total. The van der Waals surface area contributed by atoms with Gasteiger partial charge in [0, 0.05) is 20.1 Å². The number of methoxy groups -OCH3 is 1. The molecule has 0 aliphatic heterocycles. The first-order chi connectivity index (χ1) is 9.82. The van der Waals surface area contributed by atoms with E-state index >= 15 is 0 Å². The van der Waals surface area contributed by atoms with Gasteiger partial charge >= 0.3 is 0 Å². The fourth-order valence-corrected chi connectivity index (χ4v) is 3.30. The summed E-state index contributed by atoms with van der Waals surface area (Å²) in [5.41, 5.74) is 6.27. The number of benzene rings is 1. The highest BCUT2D eigenvalue weighted by molar-refractivity contribution is 7.89. The molecule has 6 nitrogen and oxygen atoms in total. The number of hydrogen-bond acceptors (Lipinski definition) is 5. The third kappa shape index (κ3) is 4.67. The molecule has 1 aromatic rings. The third-order valence-electron chi connectivity index (χ3n) is 3.23. The zero-order valence-corrected chi connectivity index (χ0v) is 14.0. The fourth-order valence-electron chi connectivity index (χ4n) is 1.91. The van der Waals surface area contributed by atoms with E-state index in [2.05, 4.69) is 0 Å². The second kappa shape index (κ2) is 7.74. The maximum Gasteiger partial charge on any atom is 0.243 e. The third-order valence-corrected chi connectivity index (χ3v) is 5.19. The van der Waals surface area contributed by atoms with Gasteiger partial charge < -0.3 is 15.4 Å². The monoisotopic (exact) mass is 315 g/mol. The zero-order chi connectivity index (χ0) is 16.0. The topological polar surface area (TPSA) is 75.9 Å². The fraction of sp³-hybridized carbons (Fsp3) is 0.571. The molecule has 0 heterocycles. The molecule has 7 heteroatoms. The van der Waals surface area contributed by atoms with Crippen LogP contribution in [0, 0.1) is 0 Å². The highest BCUT2D eigenvalue weighted by Crippen LogP contribution is 2.24. The molecule has 0 radical (unpaired) electrons. The Morgan fingerprint density at radius 1 is 1.19 bits per heavy atom. The summed E-state index contributed by atoms with van der Waals surface area (Å²) in [6, 6.07) is 4.98. The minimum absolute atomic E-state index is 0.301. The summed E-state index contributed by atoms with van der Waals surface area (Å²) in [7, 11) is 3.45. The summed E-state index contributed by atoms with van der Waals surface area (Å²) >= 11 is 0. The maximum absolute atomic E-state index is 12.7. The van der Waals surface area contributed by atoms with Crippen molar-refractivity contribution in [2.75, 3.05) is 47.9 Å². The molecule has 0 saturated heterocycles. The van der Waals surface area contributed by atoms with Crippen LogP contribution in [-0.4, -0.2) is 65.5 Å². The molecule has 1 aromatic carbocycles. The van der Waals surface area contributed by atoms with Gasteiger partial charge in [0.2, 0.25) is 10.0 Å². The summed E-state index contributed by atoms with van der Waals surface area (Å²) in [6.45, 7) is 1.48. The van der Waals surface area contributed by atoms with E-state index in [0.29, 0.717) is 42.3 Å². The first-order valence-electron chi connectivity index (χ1n) is 6.81. The Hall–Kier alpha value is -1.15. The molecule has 0 atom stereocenters. The lowest BCUT2D eigenvalue weighted by atomic mass is 10.1. The van der Waals surface area contributed by atoms with Crippen LogP contribution in [0.25, 0.3) is 0 Å². The summed E-state index contributed by atoms with van der Waals surface area (Å²) in [5, 5.41) is 0. The number of ether oxygens (including phenoxy) is 1. The lowest BCUT2D eigenvalue weighted by molar-refractivity contribution is 0.358. The average Bonchev–Trinajstić information content (AvgIpc) is 2.44. The van der Waals surface area contributed by atoms with E-state index in [4.69, 9.17) is 10.5 Å². The first-order valence-corrected chi connectivity index (χ1v) is 8.25. The first kappa shape index (κ1) is 17.9. The van der Waals surface area contributed by atoms with Crippen molar-refractivity contribution in [1.82, 2.24) is 9.21 Å². The van der Waals surface area contributed by atoms with Gasteiger partial charge in [-0.2, -0.15) is 4.31 Å². The van der Waals surface area contributed by atoms with Crippen LogP contribution in [0.4, 0.5) is 0 Å². The molecule has 0 amide bonds. The lowest BCUT2D eigenvalue weighted by Gasteiger charge is -2.21. The van der Waals surface area contributed by atoms with Gasteiger partial charge in [-0.15, -0.1) is 0 Å². The molecule has 0 aliphatic carbocycles. The van der Waals surface area contributed by atoms with E-state index in [-0.39, 0.29) is 0 Å². The van der Waals surface area contributed by atoms with E-state index in [0.717, 1.165) is 0 Å². The largest absolute Gasteiger partial charge is 0.497 e. The molecule has 0 unspecified atom stereocenters. The van der Waals surface area contributed by atoms with Crippen molar-refractivity contribution in [2.45, 2.75) is 11.3 Å². The van der Waals surface area contributed by atoms with Crippen LogP contribution in [-0.2, 0) is 16.4 Å². The molecule has 0 spiro atoms. The molecule has 0 saturated carbocycles. The van der Waals surface area contributed by atoms with E-state index in [1.807, 2.05) is 19.0 Å². The Morgan fingerprint density at radius 2 is 1.86 bits per heavy atom. The molecule has 21 heavy (non-hydrogen) atoms. The van der Waals surface area contributed by atoms with Gasteiger partial charge in [0.15, 0.2) is 0 Å². The summed E-state index contributed by atoms with van der Waals surface area (Å²) in [5.74, 6) is 0.633. The number of rotatable bonds is 8. The van der Waals surface area contributed by atoms with Crippen LogP contribution in [0.15, 0.2) is 23.1 Å². The van der Waals surface area contributed by atoms with Crippen molar-refractivity contribution in [3.8, 4) is 5.75 Å². The van der Waals surface area contributed by atoms with E-state index in [9.17, 15) is 8.42 Å². The highest BCUT2D eigenvalue weighted by Gasteiger charge is 2.23. The Morgan fingerprint density at radius 3 is 2.38 bits per heavy atom. The maximum atomic E-state index is 12.7. The lowest BCUT2D eigenvalue weighted by Crippen LogP contribution is -2.34. The van der Waals surface area contributed by atoms with E-state index < -0.39 is 10.0 Å². The Balaban J connectivity index is 3.11. The average molecular weight is 315 g/mol. The van der Waals surface area contributed by atoms with E-state index in [1.165, 1.54) is 4.31 Å². The van der Waals surface area contributed by atoms with Gasteiger partial charge in [0.1, 0.15) is 5.75 Å². The Kier molecular flexibility index (Phi) is 6.60. The van der Waals surface area contributed by atoms with Gasteiger partial charge in [-0.3, -0.25) is 0 Å². The predicted octanol–water partition coefficient (Wildman–Crippen LogP) is 0.379. The Bertz CT molecular complexity index is 559. The molecule has 120 valence electrons. The van der Waals surface area contributed by atoms with Crippen molar-refractivity contribution >= 4 is 10.0 Å². The summed E-state index contributed by atoms with van der Waals surface area (Å²) < 4.78 is 31.9. The van der Waals surface area contributed by atoms with Crippen LogP contribution >= 0.6 is 0 Å². The molecule has 0 fully saturated rings. The van der Waals surface area contributed by atoms with Crippen LogP contribution in [0.3, 0.4) is 0 Å². The van der Waals surface area contributed by atoms with Gasteiger partial charge in [-0.05, 0) is 50.8 Å². The minimum atomic E-state index is -3.52. The quantitative estimate of drug-likeness (QED) is 0.750.